The second-order valence-corrected chi connectivity index (χ2v) is 10.7. The fourth-order valence-corrected chi connectivity index (χ4v) is 6.98. The predicted molar refractivity (Wildman–Crippen MR) is 140 cm³/mol. The lowest BCUT2D eigenvalue weighted by atomic mass is 10.1. The average Bonchev–Trinajstić information content (AvgIpc) is 2.71. The molecular formula is C16H20I3N3O10S. The lowest BCUT2D eigenvalue weighted by Crippen LogP contribution is -2.37. The number of anilines is 1. The van der Waals surface area contributed by atoms with Crippen molar-refractivity contribution in [2.24, 2.45) is 0 Å². The highest BCUT2D eigenvalue weighted by atomic mass is 127. The molecule has 0 bridgehead atoms. The second kappa shape index (κ2) is 13.6. The van der Waals surface area contributed by atoms with Crippen molar-refractivity contribution in [1.29, 1.82) is 0 Å². The quantitative estimate of drug-likeness (QED) is 0.112. The van der Waals surface area contributed by atoms with Gasteiger partial charge in [0.2, 0.25) is 5.91 Å². The Kier molecular flexibility index (Phi) is 12.6. The standard InChI is InChI=1S/C16H20I3N3O10S/c1-6(24)22-14-12(18)9(15(27)20-2-7(25)4-23)11(17)10(13(14)19)16(28)21-3-8(26)5-32-33(29,30)31/h7-8,23,25-26H,2-5H2,1H3,(H,20,27)(H,21,28)(H,22,24)(H,29,30,31). The minimum atomic E-state index is -4.77. The monoisotopic (exact) mass is 827 g/mol. The van der Waals surface area contributed by atoms with E-state index in [-0.39, 0.29) is 26.9 Å². The molecule has 0 saturated heterocycles. The van der Waals surface area contributed by atoms with Gasteiger partial charge in [-0.3, -0.25) is 18.9 Å². The lowest BCUT2D eigenvalue weighted by Gasteiger charge is -2.20. The van der Waals surface area contributed by atoms with Crippen LogP contribution in [0.4, 0.5) is 5.69 Å². The van der Waals surface area contributed by atoms with Crippen LogP contribution in [0.1, 0.15) is 27.6 Å². The Bertz CT molecular complexity index is 1020. The minimum absolute atomic E-state index is 0.00359. The van der Waals surface area contributed by atoms with E-state index in [9.17, 15) is 33.0 Å². The number of benzene rings is 1. The summed E-state index contributed by atoms with van der Waals surface area (Å²) in [5.41, 5.74) is 0.222. The van der Waals surface area contributed by atoms with Gasteiger partial charge in [-0.1, -0.05) is 0 Å². The highest BCUT2D eigenvalue weighted by Crippen LogP contribution is 2.35. The molecule has 2 atom stereocenters. The van der Waals surface area contributed by atoms with Gasteiger partial charge in [-0.15, -0.1) is 0 Å². The van der Waals surface area contributed by atoms with Gasteiger partial charge >= 0.3 is 10.4 Å². The molecule has 0 aliphatic carbocycles. The van der Waals surface area contributed by atoms with Crippen molar-refractivity contribution in [3.63, 3.8) is 0 Å². The largest absolute Gasteiger partial charge is 0.397 e. The zero-order valence-corrected chi connectivity index (χ0v) is 24.1. The van der Waals surface area contributed by atoms with Gasteiger partial charge in [-0.25, -0.2) is 4.18 Å². The fraction of sp³-hybridized carbons (Fsp3) is 0.438. The zero-order chi connectivity index (χ0) is 25.5. The molecule has 186 valence electrons. The first-order chi connectivity index (χ1) is 15.2. The molecule has 33 heavy (non-hydrogen) atoms. The normalized spacial score (nSPS) is 13.2. The van der Waals surface area contributed by atoms with E-state index in [1.54, 1.807) is 22.6 Å². The number of hydrogen-bond acceptors (Lipinski definition) is 9. The van der Waals surface area contributed by atoms with E-state index in [0.717, 1.165) is 0 Å². The molecule has 0 saturated carbocycles. The maximum atomic E-state index is 12.9. The lowest BCUT2D eigenvalue weighted by molar-refractivity contribution is -0.114. The van der Waals surface area contributed by atoms with Gasteiger partial charge in [-0.05, 0) is 67.8 Å². The molecule has 0 aliphatic rings. The molecule has 0 spiro atoms. The molecular weight excluding hydrogens is 807 g/mol. The molecule has 1 aromatic rings. The third-order valence-electron chi connectivity index (χ3n) is 3.69. The van der Waals surface area contributed by atoms with Gasteiger partial charge in [0, 0.05) is 23.6 Å². The summed E-state index contributed by atoms with van der Waals surface area (Å²) in [4.78, 5) is 37.3. The molecule has 3 amide bonds. The minimum Gasteiger partial charge on any atom is -0.394 e. The van der Waals surface area contributed by atoms with Crippen LogP contribution in [0.5, 0.6) is 0 Å². The topological polar surface area (TPSA) is 212 Å². The van der Waals surface area contributed by atoms with Crippen molar-refractivity contribution >= 4 is 102 Å². The molecule has 1 rings (SSSR count). The van der Waals surface area contributed by atoms with E-state index in [1.165, 1.54) is 6.92 Å². The number of nitrogens with one attached hydrogen (secondary N) is 3. The number of hydrogen-bond donors (Lipinski definition) is 7. The maximum Gasteiger partial charge on any atom is 0.397 e. The summed E-state index contributed by atoms with van der Waals surface area (Å²) in [5.74, 6) is -1.88. The third-order valence-corrected chi connectivity index (χ3v) is 7.36. The molecule has 0 aromatic heterocycles. The van der Waals surface area contributed by atoms with Gasteiger partial charge in [0.05, 0.1) is 49.4 Å². The zero-order valence-electron chi connectivity index (χ0n) is 16.8. The SMILES string of the molecule is CC(=O)Nc1c(I)c(C(=O)NCC(O)CO)c(I)c(C(=O)NCC(O)COS(=O)(=O)O)c1I. The Balaban J connectivity index is 3.30. The van der Waals surface area contributed by atoms with E-state index >= 15 is 0 Å². The van der Waals surface area contributed by atoms with Crippen LogP contribution in [0.25, 0.3) is 0 Å². The summed E-state index contributed by atoms with van der Waals surface area (Å²) in [7, 11) is -4.77. The van der Waals surface area contributed by atoms with Crippen LogP contribution in [0, 0.1) is 10.7 Å². The molecule has 0 fully saturated rings. The number of carbonyl (C=O) groups excluding carboxylic acids is 3. The van der Waals surface area contributed by atoms with E-state index < -0.39 is 60.1 Å². The first-order valence-electron chi connectivity index (χ1n) is 8.82. The third kappa shape index (κ3) is 9.62. The van der Waals surface area contributed by atoms with Gasteiger partial charge in [0.25, 0.3) is 11.8 Å². The van der Waals surface area contributed by atoms with Crippen LogP contribution >= 0.6 is 67.8 Å². The van der Waals surface area contributed by atoms with Crippen molar-refractivity contribution in [3.8, 4) is 0 Å². The Morgan fingerprint density at radius 1 is 0.939 bits per heavy atom. The number of aliphatic hydroxyl groups excluding tert-OH is 3. The maximum absolute atomic E-state index is 12.9. The van der Waals surface area contributed by atoms with Crippen molar-refractivity contribution in [1.82, 2.24) is 10.6 Å². The molecule has 13 nitrogen and oxygen atoms in total. The molecule has 2 unspecified atom stereocenters. The summed E-state index contributed by atoms with van der Waals surface area (Å²) in [6.45, 7) is -0.850. The van der Waals surface area contributed by atoms with Gasteiger partial charge < -0.3 is 31.3 Å². The predicted octanol–water partition coefficient (Wildman–Crippen LogP) is -0.548. The molecule has 0 heterocycles. The summed E-state index contributed by atoms with van der Waals surface area (Å²) >= 11 is 5.41. The molecule has 7 N–H and O–H groups in total. The van der Waals surface area contributed by atoms with Crippen LogP contribution in [0.15, 0.2) is 0 Å². The summed E-state index contributed by atoms with van der Waals surface area (Å²) in [6.07, 6.45) is -2.68. The number of halogens is 3. The number of aliphatic hydroxyl groups is 3. The number of carbonyl (C=O) groups is 3. The summed E-state index contributed by atoms with van der Waals surface area (Å²) < 4.78 is 34.6. The van der Waals surface area contributed by atoms with Gasteiger partial charge in [0.15, 0.2) is 0 Å². The van der Waals surface area contributed by atoms with E-state index in [1.807, 2.05) is 45.2 Å². The number of amides is 3. The van der Waals surface area contributed by atoms with E-state index in [4.69, 9.17) is 9.66 Å². The van der Waals surface area contributed by atoms with Crippen LogP contribution in [-0.2, 0) is 19.4 Å². The molecule has 17 heteroatoms. The van der Waals surface area contributed by atoms with Crippen molar-refractivity contribution in [2.45, 2.75) is 19.1 Å². The first kappa shape index (κ1) is 30.6. The van der Waals surface area contributed by atoms with Crippen LogP contribution in [0.3, 0.4) is 0 Å². The Morgan fingerprint density at radius 2 is 1.39 bits per heavy atom. The highest BCUT2D eigenvalue weighted by molar-refractivity contribution is 14.1. The van der Waals surface area contributed by atoms with Crippen LogP contribution in [-0.4, -0.2) is 84.5 Å². The second-order valence-electron chi connectivity index (χ2n) is 6.37. The average molecular weight is 827 g/mol. The highest BCUT2D eigenvalue weighted by Gasteiger charge is 2.28. The van der Waals surface area contributed by atoms with E-state index in [0.29, 0.717) is 7.14 Å². The Hall–Kier alpha value is -0.430. The van der Waals surface area contributed by atoms with Crippen molar-refractivity contribution in [2.75, 3.05) is 31.6 Å². The van der Waals surface area contributed by atoms with Crippen molar-refractivity contribution < 1.29 is 46.9 Å². The molecule has 0 aliphatic heterocycles. The number of rotatable bonds is 11. The fourth-order valence-electron chi connectivity index (χ4n) is 2.23. The Labute approximate surface area is 229 Å². The van der Waals surface area contributed by atoms with Crippen LogP contribution in [0.2, 0.25) is 0 Å². The van der Waals surface area contributed by atoms with Gasteiger partial charge in [-0.2, -0.15) is 8.42 Å². The van der Waals surface area contributed by atoms with Crippen LogP contribution < -0.4 is 16.0 Å². The molecule has 0 radical (unpaired) electrons. The Morgan fingerprint density at radius 3 is 1.79 bits per heavy atom. The first-order valence-corrected chi connectivity index (χ1v) is 13.4. The smallest absolute Gasteiger partial charge is 0.394 e. The summed E-state index contributed by atoms with van der Waals surface area (Å²) in [5, 5.41) is 35.6. The summed E-state index contributed by atoms with van der Waals surface area (Å²) in [6, 6.07) is 0. The van der Waals surface area contributed by atoms with E-state index in [2.05, 4.69) is 20.1 Å². The molecule has 1 aromatic carbocycles. The van der Waals surface area contributed by atoms with Gasteiger partial charge in [0.1, 0.15) is 0 Å². The van der Waals surface area contributed by atoms with Crippen molar-refractivity contribution in [3.05, 3.63) is 21.8 Å².